The van der Waals surface area contributed by atoms with Crippen LogP contribution in [0.15, 0.2) is 24.3 Å². The number of methoxy groups -OCH3 is 1. The van der Waals surface area contributed by atoms with Crippen molar-refractivity contribution >= 4 is 5.91 Å². The van der Waals surface area contributed by atoms with Gasteiger partial charge in [-0.05, 0) is 37.0 Å². The molecule has 2 fully saturated rings. The van der Waals surface area contributed by atoms with Crippen molar-refractivity contribution < 1.29 is 19.4 Å². The van der Waals surface area contributed by atoms with Gasteiger partial charge < -0.3 is 19.5 Å². The van der Waals surface area contributed by atoms with Crippen molar-refractivity contribution in [1.29, 1.82) is 0 Å². The van der Waals surface area contributed by atoms with E-state index >= 15 is 0 Å². The molecule has 6 heteroatoms. The number of aliphatic hydroxyl groups excluding tert-OH is 1. The lowest BCUT2D eigenvalue weighted by molar-refractivity contribution is -0.138. The zero-order chi connectivity index (χ0) is 17.6. The molecule has 1 saturated heterocycles. The molecule has 6 nitrogen and oxygen atoms in total. The van der Waals surface area contributed by atoms with Gasteiger partial charge in [0.1, 0.15) is 12.4 Å². The number of nitrogens with zero attached hydrogens (tertiary/aromatic N) is 2. The molecular formula is C19H28N2O4. The van der Waals surface area contributed by atoms with E-state index in [1.807, 2.05) is 29.2 Å². The first kappa shape index (κ1) is 18.2. The van der Waals surface area contributed by atoms with Crippen molar-refractivity contribution in [3.8, 4) is 5.75 Å². The van der Waals surface area contributed by atoms with Gasteiger partial charge in [-0.2, -0.15) is 0 Å². The molecule has 1 aromatic rings. The van der Waals surface area contributed by atoms with E-state index in [2.05, 4.69) is 4.90 Å². The summed E-state index contributed by atoms with van der Waals surface area (Å²) in [5.41, 5.74) is 1.02. The Labute approximate surface area is 149 Å². The number of rotatable bonds is 6. The highest BCUT2D eigenvalue weighted by atomic mass is 16.5. The minimum Gasteiger partial charge on any atom is -0.497 e. The fourth-order valence-electron chi connectivity index (χ4n) is 3.72. The first-order chi connectivity index (χ1) is 12.2. The van der Waals surface area contributed by atoms with Gasteiger partial charge in [0.05, 0.1) is 19.8 Å². The van der Waals surface area contributed by atoms with Crippen LogP contribution in [0.25, 0.3) is 0 Å². The smallest absolute Gasteiger partial charge is 0.248 e. The summed E-state index contributed by atoms with van der Waals surface area (Å²) in [5.74, 6) is 0.852. The van der Waals surface area contributed by atoms with Crippen LogP contribution < -0.4 is 4.74 Å². The van der Waals surface area contributed by atoms with Crippen LogP contribution in [0, 0.1) is 0 Å². The first-order valence-electron chi connectivity index (χ1n) is 9.08. The van der Waals surface area contributed by atoms with Crippen LogP contribution in [0.5, 0.6) is 5.75 Å². The van der Waals surface area contributed by atoms with Gasteiger partial charge in [-0.3, -0.25) is 9.69 Å². The van der Waals surface area contributed by atoms with Crippen LogP contribution >= 0.6 is 0 Å². The number of hydrogen-bond donors (Lipinski definition) is 1. The van der Waals surface area contributed by atoms with Crippen molar-refractivity contribution in [3.63, 3.8) is 0 Å². The molecule has 1 aliphatic heterocycles. The number of carbonyl (C=O) groups is 1. The maximum absolute atomic E-state index is 12.3. The van der Waals surface area contributed by atoms with Crippen LogP contribution in [0.2, 0.25) is 0 Å². The molecular weight excluding hydrogens is 320 g/mol. The van der Waals surface area contributed by atoms with E-state index in [4.69, 9.17) is 9.47 Å². The predicted molar refractivity (Wildman–Crippen MR) is 94.4 cm³/mol. The van der Waals surface area contributed by atoms with Gasteiger partial charge in [0, 0.05) is 32.2 Å². The monoisotopic (exact) mass is 348 g/mol. The molecule has 2 aliphatic rings. The van der Waals surface area contributed by atoms with E-state index in [1.165, 1.54) is 0 Å². The standard InChI is InChI=1S/C19H28N2O4/c1-24-16-7-5-15(6-8-16)13-25-14-19(23)21-11-9-20(10-12-21)17-3-2-4-18(17)22/h5-8,17-18,22H,2-4,9-14H2,1H3/t17-,18+/m1/s1. The number of ether oxygens (including phenoxy) is 2. The highest BCUT2D eigenvalue weighted by Crippen LogP contribution is 2.25. The molecule has 25 heavy (non-hydrogen) atoms. The number of hydrogen-bond acceptors (Lipinski definition) is 5. The summed E-state index contributed by atoms with van der Waals surface area (Å²) < 4.78 is 10.7. The van der Waals surface area contributed by atoms with Crippen LogP contribution in [0.3, 0.4) is 0 Å². The number of amides is 1. The van der Waals surface area contributed by atoms with Gasteiger partial charge in [0.2, 0.25) is 5.91 Å². The van der Waals surface area contributed by atoms with Crippen molar-refractivity contribution in [2.24, 2.45) is 0 Å². The lowest BCUT2D eigenvalue weighted by Gasteiger charge is -2.39. The average molecular weight is 348 g/mol. The Hall–Kier alpha value is -1.63. The molecule has 1 saturated carbocycles. The Morgan fingerprint density at radius 3 is 2.48 bits per heavy atom. The molecule has 1 heterocycles. The summed E-state index contributed by atoms with van der Waals surface area (Å²) in [6.07, 6.45) is 2.88. The molecule has 1 N–H and O–H groups in total. The Morgan fingerprint density at radius 1 is 1.16 bits per heavy atom. The summed E-state index contributed by atoms with van der Waals surface area (Å²) in [5, 5.41) is 10.0. The van der Waals surface area contributed by atoms with Gasteiger partial charge in [-0.1, -0.05) is 12.1 Å². The highest BCUT2D eigenvalue weighted by molar-refractivity contribution is 5.77. The van der Waals surface area contributed by atoms with Crippen LogP contribution in [-0.4, -0.2) is 72.9 Å². The van der Waals surface area contributed by atoms with Crippen molar-refractivity contribution in [2.75, 3.05) is 39.9 Å². The van der Waals surface area contributed by atoms with E-state index in [9.17, 15) is 9.90 Å². The predicted octanol–water partition coefficient (Wildman–Crippen LogP) is 1.27. The molecule has 2 atom stereocenters. The van der Waals surface area contributed by atoms with Crippen LogP contribution in [0.1, 0.15) is 24.8 Å². The molecule has 0 spiro atoms. The average Bonchev–Trinajstić information content (AvgIpc) is 3.08. The maximum Gasteiger partial charge on any atom is 0.248 e. The Kier molecular flexibility index (Phi) is 6.29. The lowest BCUT2D eigenvalue weighted by atomic mass is 10.1. The molecule has 1 aromatic carbocycles. The minimum absolute atomic E-state index is 0.0418. The number of piperazine rings is 1. The minimum atomic E-state index is -0.199. The molecule has 0 radical (unpaired) electrons. The number of benzene rings is 1. The zero-order valence-electron chi connectivity index (χ0n) is 14.9. The van der Waals surface area contributed by atoms with Gasteiger partial charge in [0.25, 0.3) is 0 Å². The van der Waals surface area contributed by atoms with Crippen molar-refractivity contribution in [1.82, 2.24) is 9.80 Å². The number of carbonyl (C=O) groups excluding carboxylic acids is 1. The van der Waals surface area contributed by atoms with E-state index < -0.39 is 0 Å². The largest absolute Gasteiger partial charge is 0.497 e. The Bertz CT molecular complexity index is 555. The van der Waals surface area contributed by atoms with E-state index in [1.54, 1.807) is 7.11 Å². The molecule has 1 aliphatic carbocycles. The third kappa shape index (κ3) is 4.71. The summed E-state index contributed by atoms with van der Waals surface area (Å²) in [6, 6.07) is 7.93. The maximum atomic E-state index is 12.3. The molecule has 0 aromatic heterocycles. The summed E-state index contributed by atoms with van der Waals surface area (Å²) in [4.78, 5) is 16.5. The molecule has 138 valence electrons. The van der Waals surface area contributed by atoms with E-state index in [0.717, 1.165) is 43.7 Å². The van der Waals surface area contributed by atoms with Gasteiger partial charge in [0.15, 0.2) is 0 Å². The van der Waals surface area contributed by atoms with Gasteiger partial charge in [-0.25, -0.2) is 0 Å². The lowest BCUT2D eigenvalue weighted by Crippen LogP contribution is -2.54. The fourth-order valence-corrected chi connectivity index (χ4v) is 3.72. The summed E-state index contributed by atoms with van der Waals surface area (Å²) in [7, 11) is 1.64. The normalized spacial score (nSPS) is 24.5. The Morgan fingerprint density at radius 2 is 1.88 bits per heavy atom. The topological polar surface area (TPSA) is 62.2 Å². The summed E-state index contributed by atoms with van der Waals surface area (Å²) in [6.45, 7) is 3.64. The second kappa shape index (κ2) is 8.65. The third-order valence-corrected chi connectivity index (χ3v) is 5.23. The highest BCUT2D eigenvalue weighted by Gasteiger charge is 2.33. The Balaban J connectivity index is 1.37. The second-order valence-electron chi connectivity index (χ2n) is 6.82. The molecule has 0 bridgehead atoms. The van der Waals surface area contributed by atoms with Crippen molar-refractivity contribution in [2.45, 2.75) is 38.0 Å². The zero-order valence-corrected chi connectivity index (χ0v) is 14.9. The van der Waals surface area contributed by atoms with Crippen LogP contribution in [0.4, 0.5) is 0 Å². The molecule has 0 unspecified atom stereocenters. The fraction of sp³-hybridized carbons (Fsp3) is 0.632. The first-order valence-corrected chi connectivity index (χ1v) is 9.08. The summed E-state index contributed by atoms with van der Waals surface area (Å²) >= 11 is 0. The van der Waals surface area contributed by atoms with Crippen molar-refractivity contribution in [3.05, 3.63) is 29.8 Å². The van der Waals surface area contributed by atoms with E-state index in [-0.39, 0.29) is 24.7 Å². The molecule has 3 rings (SSSR count). The molecule has 1 amide bonds. The second-order valence-corrected chi connectivity index (χ2v) is 6.82. The van der Waals surface area contributed by atoms with Gasteiger partial charge >= 0.3 is 0 Å². The SMILES string of the molecule is COc1ccc(COCC(=O)N2CCN([C@@H]3CCC[C@@H]3O)CC2)cc1. The number of aliphatic hydroxyl groups is 1. The quantitative estimate of drug-likeness (QED) is 0.839. The van der Waals surface area contributed by atoms with Crippen LogP contribution in [-0.2, 0) is 16.1 Å². The van der Waals surface area contributed by atoms with Gasteiger partial charge in [-0.15, -0.1) is 0 Å². The third-order valence-electron chi connectivity index (χ3n) is 5.23. The van der Waals surface area contributed by atoms with E-state index in [0.29, 0.717) is 19.7 Å².